The minimum Gasteiger partial charge on any atom is -0.460 e. The number of carbonyl (C=O) groups is 3. The van der Waals surface area contributed by atoms with Crippen molar-refractivity contribution in [3.05, 3.63) is 141 Å². The molecular weight excluding hydrogens is 558 g/mol. The van der Waals surface area contributed by atoms with Crippen molar-refractivity contribution in [1.82, 2.24) is 10.3 Å². The van der Waals surface area contributed by atoms with Gasteiger partial charge in [0.05, 0.1) is 17.3 Å². The van der Waals surface area contributed by atoms with Crippen LogP contribution in [0.2, 0.25) is 0 Å². The predicted octanol–water partition coefficient (Wildman–Crippen LogP) is 5.70. The average molecular weight is 580 g/mol. The van der Waals surface area contributed by atoms with Crippen molar-refractivity contribution in [1.29, 1.82) is 5.26 Å². The van der Waals surface area contributed by atoms with Crippen molar-refractivity contribution in [2.45, 2.75) is 6.04 Å². The molecule has 1 aromatic heterocycles. The Morgan fingerprint density at radius 2 is 1.46 bits per heavy atom. The van der Waals surface area contributed by atoms with Gasteiger partial charge < -0.3 is 10.1 Å². The molecule has 1 N–H and O–H groups in total. The highest BCUT2D eigenvalue weighted by atomic mass is 79.9. The Morgan fingerprint density at radius 3 is 2.10 bits per heavy atom. The van der Waals surface area contributed by atoms with E-state index in [1.807, 2.05) is 18.2 Å². The lowest BCUT2D eigenvalue weighted by Gasteiger charge is -2.19. The maximum Gasteiger partial charge on any atom is 0.338 e. The highest BCUT2D eigenvalue weighted by Gasteiger charge is 2.20. The van der Waals surface area contributed by atoms with Crippen molar-refractivity contribution in [3.63, 3.8) is 0 Å². The van der Waals surface area contributed by atoms with E-state index >= 15 is 0 Å². The van der Waals surface area contributed by atoms with Gasteiger partial charge >= 0.3 is 5.97 Å². The van der Waals surface area contributed by atoms with E-state index in [-0.39, 0.29) is 23.5 Å². The predicted molar refractivity (Wildman–Crippen MR) is 149 cm³/mol. The molecule has 1 heterocycles. The van der Waals surface area contributed by atoms with E-state index < -0.39 is 17.9 Å². The summed E-state index contributed by atoms with van der Waals surface area (Å²) in [6, 6.07) is 30.4. The molecule has 8 heteroatoms. The molecule has 0 saturated heterocycles. The molecule has 192 valence electrons. The number of aromatic nitrogens is 1. The van der Waals surface area contributed by atoms with E-state index in [2.05, 4.69) is 26.2 Å². The standard InChI is InChI=1S/C31H22BrN3O4/c32-28-13-7-12-26(34-28)18-25(19-33)30(37)35-27(21-8-3-1-4-9-21)20-39-31(38)24-16-14-23(15-17-24)29(36)22-10-5-2-6-11-22/h1-18,27H,20H2,(H,35,37)/t27-/m0/s1. The van der Waals surface area contributed by atoms with Crippen LogP contribution in [-0.2, 0) is 9.53 Å². The molecule has 4 rings (SSSR count). The lowest BCUT2D eigenvalue weighted by molar-refractivity contribution is -0.118. The van der Waals surface area contributed by atoms with Crippen LogP contribution in [0.4, 0.5) is 0 Å². The summed E-state index contributed by atoms with van der Waals surface area (Å²) in [6.07, 6.45) is 1.38. The smallest absolute Gasteiger partial charge is 0.338 e. The molecule has 0 saturated carbocycles. The number of esters is 1. The normalized spacial score (nSPS) is 11.6. The zero-order valence-corrected chi connectivity index (χ0v) is 22.2. The van der Waals surface area contributed by atoms with Gasteiger partial charge in [-0.2, -0.15) is 5.26 Å². The molecule has 4 aromatic rings. The second-order valence-electron chi connectivity index (χ2n) is 8.36. The average Bonchev–Trinajstić information content (AvgIpc) is 2.98. The summed E-state index contributed by atoms with van der Waals surface area (Å²) in [7, 11) is 0. The lowest BCUT2D eigenvalue weighted by atomic mass is 10.0. The van der Waals surface area contributed by atoms with Gasteiger partial charge in [-0.25, -0.2) is 9.78 Å². The van der Waals surface area contributed by atoms with Crippen LogP contribution in [0.5, 0.6) is 0 Å². The van der Waals surface area contributed by atoms with E-state index in [0.717, 1.165) is 0 Å². The molecule has 0 aliphatic carbocycles. The summed E-state index contributed by atoms with van der Waals surface area (Å²) in [4.78, 5) is 42.6. The second kappa shape index (κ2) is 13.1. The molecule has 0 bridgehead atoms. The summed E-state index contributed by atoms with van der Waals surface area (Å²) >= 11 is 3.27. The van der Waals surface area contributed by atoms with Gasteiger partial charge in [-0.3, -0.25) is 9.59 Å². The number of benzene rings is 3. The number of nitrogens with one attached hydrogen (secondary N) is 1. The van der Waals surface area contributed by atoms with Crippen LogP contribution in [-0.4, -0.2) is 29.3 Å². The van der Waals surface area contributed by atoms with Crippen LogP contribution < -0.4 is 5.32 Å². The third-order valence-electron chi connectivity index (χ3n) is 5.70. The molecule has 3 aromatic carbocycles. The molecule has 39 heavy (non-hydrogen) atoms. The first-order valence-electron chi connectivity index (χ1n) is 11.9. The fraction of sp³-hybridized carbons (Fsp3) is 0.0645. The largest absolute Gasteiger partial charge is 0.460 e. The Hall–Kier alpha value is -4.87. The molecule has 0 aliphatic rings. The SMILES string of the molecule is N#CC(=Cc1cccc(Br)n1)C(=O)N[C@@H](COC(=O)c1ccc(C(=O)c2ccccc2)cc1)c1ccccc1. The maximum atomic E-state index is 13.0. The Morgan fingerprint density at radius 1 is 0.846 bits per heavy atom. The molecule has 7 nitrogen and oxygen atoms in total. The third kappa shape index (κ3) is 7.34. The molecule has 1 atom stereocenters. The number of amides is 1. The van der Waals surface area contributed by atoms with E-state index in [9.17, 15) is 19.6 Å². The molecule has 0 radical (unpaired) electrons. The van der Waals surface area contributed by atoms with Gasteiger partial charge in [0.15, 0.2) is 5.78 Å². The van der Waals surface area contributed by atoms with Crippen LogP contribution >= 0.6 is 15.9 Å². The van der Waals surface area contributed by atoms with Crippen LogP contribution in [0.15, 0.2) is 113 Å². The van der Waals surface area contributed by atoms with Gasteiger partial charge in [0.25, 0.3) is 5.91 Å². The van der Waals surface area contributed by atoms with Crippen LogP contribution in [0.3, 0.4) is 0 Å². The van der Waals surface area contributed by atoms with Gasteiger partial charge in [-0.15, -0.1) is 0 Å². The number of halogens is 1. The highest BCUT2D eigenvalue weighted by Crippen LogP contribution is 2.17. The first-order valence-corrected chi connectivity index (χ1v) is 12.7. The molecule has 1 amide bonds. The minimum atomic E-state index is -0.714. The number of carbonyl (C=O) groups excluding carboxylic acids is 3. The fourth-order valence-corrected chi connectivity index (χ4v) is 4.06. The number of ketones is 1. The zero-order valence-electron chi connectivity index (χ0n) is 20.6. The van der Waals surface area contributed by atoms with Crippen LogP contribution in [0.1, 0.15) is 43.6 Å². The van der Waals surface area contributed by atoms with Gasteiger partial charge in [-0.1, -0.05) is 78.9 Å². The Kier molecular flexibility index (Phi) is 9.11. The first-order chi connectivity index (χ1) is 18.9. The van der Waals surface area contributed by atoms with Crippen molar-refractivity contribution < 1.29 is 19.1 Å². The number of hydrogen-bond acceptors (Lipinski definition) is 6. The number of nitrogens with zero attached hydrogens (tertiary/aromatic N) is 2. The first kappa shape index (κ1) is 27.2. The maximum absolute atomic E-state index is 13.0. The Bertz CT molecular complexity index is 1550. The third-order valence-corrected chi connectivity index (χ3v) is 6.14. The quantitative estimate of drug-likeness (QED) is 0.0895. The van der Waals surface area contributed by atoms with E-state index in [1.165, 1.54) is 18.2 Å². The summed E-state index contributed by atoms with van der Waals surface area (Å²) in [5.41, 5.74) is 2.24. The zero-order chi connectivity index (χ0) is 27.6. The molecular formula is C31H22BrN3O4. The Balaban J connectivity index is 1.46. The van der Waals surface area contributed by atoms with Crippen molar-refractivity contribution in [3.8, 4) is 6.07 Å². The number of hydrogen-bond donors (Lipinski definition) is 1. The number of pyridine rings is 1. The molecule has 0 aliphatic heterocycles. The number of nitriles is 1. The minimum absolute atomic E-state index is 0.147. The monoisotopic (exact) mass is 579 g/mol. The van der Waals surface area contributed by atoms with E-state index in [1.54, 1.807) is 78.9 Å². The molecule has 0 spiro atoms. The van der Waals surface area contributed by atoms with Crippen LogP contribution in [0, 0.1) is 11.3 Å². The van der Waals surface area contributed by atoms with Crippen LogP contribution in [0.25, 0.3) is 6.08 Å². The van der Waals surface area contributed by atoms with Crippen molar-refractivity contribution in [2.24, 2.45) is 0 Å². The fourth-order valence-electron chi connectivity index (χ4n) is 3.70. The summed E-state index contributed by atoms with van der Waals surface area (Å²) in [5.74, 6) is -1.40. The van der Waals surface area contributed by atoms with E-state index in [4.69, 9.17) is 4.74 Å². The summed E-state index contributed by atoms with van der Waals surface area (Å²) in [5, 5.41) is 12.4. The topological polar surface area (TPSA) is 109 Å². The van der Waals surface area contributed by atoms with Crippen molar-refractivity contribution in [2.75, 3.05) is 6.61 Å². The Labute approximate surface area is 233 Å². The molecule has 0 fully saturated rings. The lowest BCUT2D eigenvalue weighted by Crippen LogP contribution is -2.33. The number of ether oxygens (including phenoxy) is 1. The number of rotatable bonds is 9. The summed E-state index contributed by atoms with van der Waals surface area (Å²) in [6.45, 7) is -0.173. The highest BCUT2D eigenvalue weighted by molar-refractivity contribution is 9.10. The summed E-state index contributed by atoms with van der Waals surface area (Å²) < 4.78 is 6.09. The van der Waals surface area contributed by atoms with E-state index in [0.29, 0.717) is 27.0 Å². The van der Waals surface area contributed by atoms with Crippen molar-refractivity contribution >= 4 is 39.7 Å². The van der Waals surface area contributed by atoms with Gasteiger partial charge in [0.2, 0.25) is 0 Å². The van der Waals surface area contributed by atoms with Gasteiger partial charge in [-0.05, 0) is 51.8 Å². The van der Waals surface area contributed by atoms with Gasteiger partial charge in [0.1, 0.15) is 22.9 Å². The second-order valence-corrected chi connectivity index (χ2v) is 9.18. The molecule has 0 unspecified atom stereocenters. The van der Waals surface area contributed by atoms with Gasteiger partial charge in [0, 0.05) is 11.1 Å².